The van der Waals surface area contributed by atoms with Crippen LogP contribution in [0, 0.1) is 5.82 Å². The maximum Gasteiger partial charge on any atom is 0.148 e. The smallest absolute Gasteiger partial charge is 0.148 e. The Morgan fingerprint density at radius 3 is 2.32 bits per heavy atom. The van der Waals surface area contributed by atoms with Gasteiger partial charge in [0.2, 0.25) is 0 Å². The van der Waals surface area contributed by atoms with Crippen LogP contribution in [-0.4, -0.2) is 9.38 Å². The Morgan fingerprint density at radius 1 is 0.773 bits per heavy atom. The topological polar surface area (TPSA) is 17.3 Å². The summed E-state index contributed by atoms with van der Waals surface area (Å²) in [5.74, 6) is 0.352. The second-order valence-electron chi connectivity index (χ2n) is 5.09. The molecule has 0 amide bonds. The van der Waals surface area contributed by atoms with Gasteiger partial charge >= 0.3 is 0 Å². The van der Waals surface area contributed by atoms with Crippen LogP contribution in [0.1, 0.15) is 0 Å². The molecule has 0 saturated carbocycles. The Hall–Kier alpha value is -2.94. The molecule has 4 aromatic rings. The van der Waals surface area contributed by atoms with Crippen molar-refractivity contribution in [3.8, 4) is 22.6 Å². The van der Waals surface area contributed by atoms with Crippen LogP contribution in [0.15, 0.2) is 79.0 Å². The third-order valence-electron chi connectivity index (χ3n) is 3.71. The average Bonchev–Trinajstić information content (AvgIpc) is 2.96. The predicted octanol–water partition coefficient (Wildman–Crippen LogP) is 4.81. The van der Waals surface area contributed by atoms with Gasteiger partial charge < -0.3 is 0 Å². The van der Waals surface area contributed by atoms with E-state index in [4.69, 9.17) is 4.98 Å². The number of fused-ring (bicyclic) bond motifs is 1. The fourth-order valence-corrected chi connectivity index (χ4v) is 2.68. The molecule has 0 aliphatic rings. The van der Waals surface area contributed by atoms with Crippen molar-refractivity contribution in [2.24, 2.45) is 0 Å². The largest absolute Gasteiger partial charge is 0.299 e. The van der Waals surface area contributed by atoms with Crippen LogP contribution >= 0.6 is 0 Å². The van der Waals surface area contributed by atoms with Crippen LogP contribution in [0.25, 0.3) is 28.2 Å². The summed E-state index contributed by atoms with van der Waals surface area (Å²) in [4.78, 5) is 4.71. The van der Waals surface area contributed by atoms with Gasteiger partial charge in [0.05, 0.1) is 16.8 Å². The minimum atomic E-state index is -0.266. The van der Waals surface area contributed by atoms with Crippen LogP contribution in [-0.2, 0) is 0 Å². The quantitative estimate of drug-likeness (QED) is 0.517. The molecule has 3 heteroatoms. The van der Waals surface area contributed by atoms with Crippen LogP contribution < -0.4 is 0 Å². The van der Waals surface area contributed by atoms with Crippen LogP contribution in [0.2, 0.25) is 0 Å². The second-order valence-corrected chi connectivity index (χ2v) is 5.09. The number of nitrogens with zero attached hydrogens (tertiary/aromatic N) is 2. The van der Waals surface area contributed by atoms with Crippen molar-refractivity contribution in [3.63, 3.8) is 0 Å². The van der Waals surface area contributed by atoms with Crippen molar-refractivity contribution in [2.45, 2.75) is 0 Å². The molecule has 0 aliphatic carbocycles. The van der Waals surface area contributed by atoms with Crippen molar-refractivity contribution in [1.29, 1.82) is 0 Å². The van der Waals surface area contributed by atoms with Gasteiger partial charge in [0, 0.05) is 11.8 Å². The van der Waals surface area contributed by atoms with E-state index >= 15 is 0 Å². The van der Waals surface area contributed by atoms with E-state index in [-0.39, 0.29) is 5.82 Å². The van der Waals surface area contributed by atoms with E-state index in [1.165, 1.54) is 6.07 Å². The molecule has 0 atom stereocenters. The van der Waals surface area contributed by atoms with E-state index in [0.29, 0.717) is 11.4 Å². The molecule has 2 nitrogen and oxygen atoms in total. The van der Waals surface area contributed by atoms with Crippen LogP contribution in [0.4, 0.5) is 4.39 Å². The van der Waals surface area contributed by atoms with E-state index in [1.54, 1.807) is 12.1 Å². The van der Waals surface area contributed by atoms with E-state index in [0.717, 1.165) is 16.8 Å². The fraction of sp³-hybridized carbons (Fsp3) is 0. The first-order valence-corrected chi connectivity index (χ1v) is 7.12. The number of aromatic nitrogens is 2. The number of halogens is 1. The van der Waals surface area contributed by atoms with Gasteiger partial charge in [-0.3, -0.25) is 4.40 Å². The summed E-state index contributed by atoms with van der Waals surface area (Å²) in [5, 5.41) is 0. The second kappa shape index (κ2) is 5.11. The van der Waals surface area contributed by atoms with Gasteiger partial charge in [-0.1, -0.05) is 48.5 Å². The highest BCUT2D eigenvalue weighted by Crippen LogP contribution is 2.30. The summed E-state index contributed by atoms with van der Waals surface area (Å²) in [6.45, 7) is 0. The van der Waals surface area contributed by atoms with Gasteiger partial charge in [0.15, 0.2) is 0 Å². The van der Waals surface area contributed by atoms with Crippen LogP contribution in [0.5, 0.6) is 0 Å². The minimum Gasteiger partial charge on any atom is -0.299 e. The monoisotopic (exact) mass is 288 g/mol. The normalized spacial score (nSPS) is 11.0. The van der Waals surface area contributed by atoms with E-state index in [2.05, 4.69) is 0 Å². The molecule has 0 fully saturated rings. The lowest BCUT2D eigenvalue weighted by atomic mass is 10.1. The van der Waals surface area contributed by atoms with Gasteiger partial charge in [-0.15, -0.1) is 0 Å². The number of pyridine rings is 1. The molecular formula is C19H13FN2. The summed E-state index contributed by atoms with van der Waals surface area (Å²) in [6, 6.07) is 22.6. The zero-order valence-electron chi connectivity index (χ0n) is 11.8. The Kier molecular flexibility index (Phi) is 2.97. The molecule has 22 heavy (non-hydrogen) atoms. The molecule has 2 aromatic heterocycles. The molecule has 0 bridgehead atoms. The molecule has 4 rings (SSSR count). The SMILES string of the molecule is Fc1ccccc1-c1nc(-c2ccccc2)c2ccccn12. The Bertz CT molecular complexity index is 942. The summed E-state index contributed by atoms with van der Waals surface area (Å²) in [5.41, 5.74) is 3.35. The summed E-state index contributed by atoms with van der Waals surface area (Å²) in [7, 11) is 0. The van der Waals surface area contributed by atoms with E-state index in [1.807, 2.05) is 65.2 Å². The predicted molar refractivity (Wildman–Crippen MR) is 86.0 cm³/mol. The van der Waals surface area contributed by atoms with Gasteiger partial charge in [-0.2, -0.15) is 0 Å². The molecule has 2 heterocycles. The lowest BCUT2D eigenvalue weighted by molar-refractivity contribution is 0.630. The standard InChI is InChI=1S/C19H13FN2/c20-16-11-5-4-10-15(16)19-21-18(14-8-2-1-3-9-14)17-12-6-7-13-22(17)19/h1-13H. The molecule has 106 valence electrons. The average molecular weight is 288 g/mol. The van der Waals surface area contributed by atoms with E-state index < -0.39 is 0 Å². The molecule has 0 radical (unpaired) electrons. The number of imidazole rings is 1. The summed E-state index contributed by atoms with van der Waals surface area (Å²) < 4.78 is 16.1. The molecule has 0 saturated heterocycles. The fourth-order valence-electron chi connectivity index (χ4n) is 2.68. The first-order chi connectivity index (χ1) is 10.8. The maximum absolute atomic E-state index is 14.2. The lowest BCUT2D eigenvalue weighted by Crippen LogP contribution is -1.91. The van der Waals surface area contributed by atoms with Crippen molar-refractivity contribution in [2.75, 3.05) is 0 Å². The highest BCUT2D eigenvalue weighted by molar-refractivity contribution is 5.81. The highest BCUT2D eigenvalue weighted by atomic mass is 19.1. The Balaban J connectivity index is 2.04. The van der Waals surface area contributed by atoms with Gasteiger partial charge in [-0.25, -0.2) is 9.37 Å². The molecule has 0 aliphatic heterocycles. The van der Waals surface area contributed by atoms with Gasteiger partial charge in [0.1, 0.15) is 11.6 Å². The third-order valence-corrected chi connectivity index (χ3v) is 3.71. The lowest BCUT2D eigenvalue weighted by Gasteiger charge is -2.01. The van der Waals surface area contributed by atoms with Crippen molar-refractivity contribution < 1.29 is 4.39 Å². The van der Waals surface area contributed by atoms with Crippen LogP contribution in [0.3, 0.4) is 0 Å². The zero-order chi connectivity index (χ0) is 14.9. The van der Waals surface area contributed by atoms with Crippen molar-refractivity contribution in [3.05, 3.63) is 84.8 Å². The molecule has 0 unspecified atom stereocenters. The third kappa shape index (κ3) is 1.99. The number of hydrogen-bond acceptors (Lipinski definition) is 1. The Morgan fingerprint density at radius 2 is 1.50 bits per heavy atom. The molecular weight excluding hydrogens is 275 g/mol. The summed E-state index contributed by atoms with van der Waals surface area (Å²) >= 11 is 0. The van der Waals surface area contributed by atoms with Crippen molar-refractivity contribution >= 4 is 5.52 Å². The number of hydrogen-bond donors (Lipinski definition) is 0. The number of benzene rings is 2. The van der Waals surface area contributed by atoms with Gasteiger partial charge in [-0.05, 0) is 24.3 Å². The molecule has 0 spiro atoms. The minimum absolute atomic E-state index is 0.266. The highest BCUT2D eigenvalue weighted by Gasteiger charge is 2.15. The van der Waals surface area contributed by atoms with E-state index in [9.17, 15) is 4.39 Å². The Labute approximate surface area is 127 Å². The van der Waals surface area contributed by atoms with Gasteiger partial charge in [0.25, 0.3) is 0 Å². The molecule has 2 aromatic carbocycles. The van der Waals surface area contributed by atoms with Crippen molar-refractivity contribution in [1.82, 2.24) is 9.38 Å². The number of rotatable bonds is 2. The first-order valence-electron chi connectivity index (χ1n) is 7.12. The maximum atomic E-state index is 14.2. The summed E-state index contributed by atoms with van der Waals surface area (Å²) in [6.07, 6.45) is 1.91. The zero-order valence-corrected chi connectivity index (χ0v) is 11.8. The molecule has 0 N–H and O–H groups in total. The first kappa shape index (κ1) is 12.8.